The van der Waals surface area contributed by atoms with E-state index in [1.165, 1.54) is 0 Å². The second kappa shape index (κ2) is 7.02. The van der Waals surface area contributed by atoms with Gasteiger partial charge in [-0.2, -0.15) is 0 Å². The summed E-state index contributed by atoms with van der Waals surface area (Å²) in [6.45, 7) is 3.93. The van der Waals surface area contributed by atoms with Crippen LogP contribution in [0.25, 0.3) is 0 Å². The van der Waals surface area contributed by atoms with Crippen LogP contribution >= 0.6 is 11.3 Å². The van der Waals surface area contributed by atoms with Gasteiger partial charge in [0.1, 0.15) is 18.0 Å². The van der Waals surface area contributed by atoms with Crippen LogP contribution in [0.2, 0.25) is 0 Å². The van der Waals surface area contributed by atoms with Crippen LogP contribution in [0.3, 0.4) is 0 Å². The van der Waals surface area contributed by atoms with Gasteiger partial charge in [-0.3, -0.25) is 0 Å². The van der Waals surface area contributed by atoms with Crippen molar-refractivity contribution in [1.29, 1.82) is 0 Å². The molecule has 22 heavy (non-hydrogen) atoms. The number of aromatic nitrogens is 3. The van der Waals surface area contributed by atoms with Gasteiger partial charge in [-0.15, -0.1) is 11.3 Å². The minimum absolute atomic E-state index is 0.177. The average molecular weight is 319 g/mol. The smallest absolute Gasteiger partial charge is 0.134 e. The molecule has 3 rings (SSSR count). The van der Waals surface area contributed by atoms with Gasteiger partial charge < -0.3 is 15.3 Å². The van der Waals surface area contributed by atoms with E-state index in [0.29, 0.717) is 0 Å². The van der Waals surface area contributed by atoms with Gasteiger partial charge in [0.05, 0.1) is 17.7 Å². The van der Waals surface area contributed by atoms with Crippen LogP contribution < -0.4 is 10.2 Å². The molecule has 0 unspecified atom stereocenters. The van der Waals surface area contributed by atoms with Crippen molar-refractivity contribution in [3.05, 3.63) is 28.5 Å². The summed E-state index contributed by atoms with van der Waals surface area (Å²) in [6, 6.07) is 2.14. The van der Waals surface area contributed by atoms with E-state index in [-0.39, 0.29) is 12.6 Å². The van der Waals surface area contributed by atoms with Crippen molar-refractivity contribution in [2.45, 2.75) is 32.2 Å². The first-order chi connectivity index (χ1) is 10.8. The Balaban J connectivity index is 1.59. The number of nitrogens with zero attached hydrogens (tertiary/aromatic N) is 4. The highest BCUT2D eigenvalue weighted by molar-refractivity contribution is 7.09. The number of anilines is 2. The number of nitrogens with one attached hydrogen (secondary N) is 1. The molecule has 0 spiro atoms. The lowest BCUT2D eigenvalue weighted by molar-refractivity contribution is 0.266. The summed E-state index contributed by atoms with van der Waals surface area (Å²) in [5.74, 6) is 1.71. The zero-order valence-corrected chi connectivity index (χ0v) is 13.5. The zero-order chi connectivity index (χ0) is 15.4. The summed E-state index contributed by atoms with van der Waals surface area (Å²) < 4.78 is 0. The summed E-state index contributed by atoms with van der Waals surface area (Å²) in [5, 5.41) is 16.0. The SMILES string of the molecule is Cc1csc(CCNc2cc(N3CCC[C@H]3CO)ncn2)n1. The Kier molecular flexibility index (Phi) is 4.84. The molecule has 1 fully saturated rings. The molecular weight excluding hydrogens is 298 g/mol. The molecule has 1 aliphatic rings. The molecule has 0 saturated carbocycles. The van der Waals surface area contributed by atoms with Crippen LogP contribution in [-0.2, 0) is 6.42 Å². The number of rotatable bonds is 6. The van der Waals surface area contributed by atoms with E-state index in [1.807, 2.05) is 13.0 Å². The highest BCUT2D eigenvalue weighted by Crippen LogP contribution is 2.24. The van der Waals surface area contributed by atoms with Crippen LogP contribution in [0.4, 0.5) is 11.6 Å². The molecule has 1 saturated heterocycles. The van der Waals surface area contributed by atoms with Gasteiger partial charge in [0, 0.05) is 36.7 Å². The monoisotopic (exact) mass is 319 g/mol. The summed E-state index contributed by atoms with van der Waals surface area (Å²) in [6.07, 6.45) is 4.59. The first-order valence-electron chi connectivity index (χ1n) is 7.60. The van der Waals surface area contributed by atoms with Crippen molar-refractivity contribution in [2.24, 2.45) is 0 Å². The number of hydrogen-bond acceptors (Lipinski definition) is 7. The van der Waals surface area contributed by atoms with Crippen LogP contribution in [0.5, 0.6) is 0 Å². The molecule has 6 nitrogen and oxygen atoms in total. The second-order valence-electron chi connectivity index (χ2n) is 5.49. The Morgan fingerprint density at radius 1 is 1.45 bits per heavy atom. The Morgan fingerprint density at radius 3 is 3.14 bits per heavy atom. The summed E-state index contributed by atoms with van der Waals surface area (Å²) in [4.78, 5) is 15.2. The molecule has 3 heterocycles. The highest BCUT2D eigenvalue weighted by Gasteiger charge is 2.25. The van der Waals surface area contributed by atoms with E-state index in [9.17, 15) is 5.11 Å². The van der Waals surface area contributed by atoms with Gasteiger partial charge in [-0.1, -0.05) is 0 Å². The van der Waals surface area contributed by atoms with Crippen LogP contribution in [0, 0.1) is 6.92 Å². The Bertz CT molecular complexity index is 617. The van der Waals surface area contributed by atoms with E-state index in [0.717, 1.165) is 54.7 Å². The molecule has 0 radical (unpaired) electrons. The van der Waals surface area contributed by atoms with E-state index in [2.05, 4.69) is 30.5 Å². The lowest BCUT2D eigenvalue weighted by Gasteiger charge is -2.24. The maximum absolute atomic E-state index is 9.43. The number of aryl methyl sites for hydroxylation is 1. The van der Waals surface area contributed by atoms with Gasteiger partial charge in [0.25, 0.3) is 0 Å². The van der Waals surface area contributed by atoms with Gasteiger partial charge in [-0.25, -0.2) is 15.0 Å². The molecule has 0 aliphatic carbocycles. The maximum Gasteiger partial charge on any atom is 0.134 e. The fourth-order valence-corrected chi connectivity index (χ4v) is 3.52. The predicted octanol–water partition coefficient (Wildman–Crippen LogP) is 1.86. The topological polar surface area (TPSA) is 74.2 Å². The Hall–Kier alpha value is -1.73. The number of hydrogen-bond donors (Lipinski definition) is 2. The summed E-state index contributed by atoms with van der Waals surface area (Å²) in [5.41, 5.74) is 1.08. The zero-order valence-electron chi connectivity index (χ0n) is 12.7. The molecule has 0 aromatic carbocycles. The molecule has 2 aromatic rings. The number of aliphatic hydroxyl groups excluding tert-OH is 1. The fraction of sp³-hybridized carbons (Fsp3) is 0.533. The van der Waals surface area contributed by atoms with E-state index in [4.69, 9.17) is 0 Å². The molecule has 0 amide bonds. The lowest BCUT2D eigenvalue weighted by atomic mass is 10.2. The second-order valence-corrected chi connectivity index (χ2v) is 6.44. The molecule has 2 N–H and O–H groups in total. The molecule has 2 aromatic heterocycles. The minimum atomic E-state index is 0.177. The average Bonchev–Trinajstić information content (AvgIpc) is 3.16. The van der Waals surface area contributed by atoms with Crippen molar-refractivity contribution in [3.63, 3.8) is 0 Å². The third-order valence-electron chi connectivity index (χ3n) is 3.85. The van der Waals surface area contributed by atoms with Crippen LogP contribution in [0.15, 0.2) is 17.8 Å². The normalized spacial score (nSPS) is 17.9. The first-order valence-corrected chi connectivity index (χ1v) is 8.48. The fourth-order valence-electron chi connectivity index (χ4n) is 2.74. The van der Waals surface area contributed by atoms with Gasteiger partial charge in [0.2, 0.25) is 0 Å². The molecule has 118 valence electrons. The Labute approximate surface area is 134 Å². The van der Waals surface area contributed by atoms with E-state index < -0.39 is 0 Å². The standard InChI is InChI=1S/C15H21N5OS/c1-11-9-22-15(19-11)4-5-16-13-7-14(18-10-17-13)20-6-2-3-12(20)8-21/h7,9-10,12,21H,2-6,8H2,1H3,(H,16,17,18)/t12-/m0/s1. The van der Waals surface area contributed by atoms with Crippen molar-refractivity contribution in [3.8, 4) is 0 Å². The van der Waals surface area contributed by atoms with Crippen LogP contribution in [0.1, 0.15) is 23.5 Å². The molecule has 0 bridgehead atoms. The van der Waals surface area contributed by atoms with E-state index in [1.54, 1.807) is 17.7 Å². The van der Waals surface area contributed by atoms with Crippen molar-refractivity contribution in [1.82, 2.24) is 15.0 Å². The van der Waals surface area contributed by atoms with Crippen LogP contribution in [-0.4, -0.2) is 45.8 Å². The van der Waals surface area contributed by atoms with Crippen molar-refractivity contribution < 1.29 is 5.11 Å². The highest BCUT2D eigenvalue weighted by atomic mass is 32.1. The van der Waals surface area contributed by atoms with Gasteiger partial charge in [-0.05, 0) is 19.8 Å². The quantitative estimate of drug-likeness (QED) is 0.846. The summed E-state index contributed by atoms with van der Waals surface area (Å²) in [7, 11) is 0. The first kappa shape index (κ1) is 15.2. The number of aliphatic hydroxyl groups is 1. The van der Waals surface area contributed by atoms with Crippen molar-refractivity contribution >= 4 is 23.0 Å². The maximum atomic E-state index is 9.43. The molecule has 1 aliphatic heterocycles. The predicted molar refractivity (Wildman–Crippen MR) is 88.5 cm³/mol. The summed E-state index contributed by atoms with van der Waals surface area (Å²) >= 11 is 1.69. The largest absolute Gasteiger partial charge is 0.394 e. The van der Waals surface area contributed by atoms with Gasteiger partial charge >= 0.3 is 0 Å². The number of thiazole rings is 1. The van der Waals surface area contributed by atoms with E-state index >= 15 is 0 Å². The third kappa shape index (κ3) is 3.53. The molecule has 1 atom stereocenters. The Morgan fingerprint density at radius 2 is 2.36 bits per heavy atom. The molecule has 7 heteroatoms. The van der Waals surface area contributed by atoms with Crippen molar-refractivity contribution in [2.75, 3.05) is 29.9 Å². The van der Waals surface area contributed by atoms with Gasteiger partial charge in [0.15, 0.2) is 0 Å². The lowest BCUT2D eigenvalue weighted by Crippen LogP contribution is -2.32. The molecular formula is C15H21N5OS. The third-order valence-corrected chi connectivity index (χ3v) is 4.87. The minimum Gasteiger partial charge on any atom is -0.394 e.